The highest BCUT2D eigenvalue weighted by Crippen LogP contribution is 2.38. The molecule has 6 aliphatic heterocycles. The predicted molar refractivity (Wildman–Crippen MR) is 136 cm³/mol. The summed E-state index contributed by atoms with van der Waals surface area (Å²) in [4.78, 5) is 32.6. The molecular formula is C26H29F2N5O4. The second-order valence-electron chi connectivity index (χ2n) is 9.90. The summed E-state index contributed by atoms with van der Waals surface area (Å²) >= 11 is 0. The summed E-state index contributed by atoms with van der Waals surface area (Å²) in [6.45, 7) is 1.30. The number of hydrogen-bond donors (Lipinski definition) is 1. The van der Waals surface area contributed by atoms with E-state index >= 15 is 8.78 Å². The number of benzene rings is 1. The van der Waals surface area contributed by atoms with Crippen LogP contribution in [0, 0.1) is 10.1 Å². The van der Waals surface area contributed by atoms with Crippen LogP contribution in [0.15, 0.2) is 42.5 Å². The fraction of sp³-hybridized carbons (Fsp3) is 0.462. The van der Waals surface area contributed by atoms with Crippen molar-refractivity contribution in [3.63, 3.8) is 0 Å². The number of pyridine rings is 1. The molecular weight excluding hydrogens is 484 g/mol. The van der Waals surface area contributed by atoms with Gasteiger partial charge in [0.25, 0.3) is 11.6 Å². The van der Waals surface area contributed by atoms with Gasteiger partial charge in [-0.2, -0.15) is 0 Å². The summed E-state index contributed by atoms with van der Waals surface area (Å²) < 4.78 is 36.6. The second kappa shape index (κ2) is 9.60. The Morgan fingerprint density at radius 3 is 2.43 bits per heavy atom. The summed E-state index contributed by atoms with van der Waals surface area (Å²) in [7, 11) is 1.52. The molecule has 196 valence electrons. The quantitative estimate of drug-likeness (QED) is 0.349. The van der Waals surface area contributed by atoms with Crippen molar-refractivity contribution in [3.8, 4) is 5.75 Å². The van der Waals surface area contributed by atoms with Crippen molar-refractivity contribution in [1.82, 2.24) is 4.98 Å². The van der Waals surface area contributed by atoms with Gasteiger partial charge in [0.05, 0.1) is 23.3 Å². The van der Waals surface area contributed by atoms with Crippen LogP contribution in [0.1, 0.15) is 42.5 Å². The van der Waals surface area contributed by atoms with Crippen molar-refractivity contribution in [2.45, 2.75) is 43.4 Å². The molecule has 1 aromatic carbocycles. The zero-order valence-corrected chi connectivity index (χ0v) is 20.6. The van der Waals surface area contributed by atoms with Crippen LogP contribution in [0.5, 0.6) is 5.75 Å². The van der Waals surface area contributed by atoms with Crippen molar-refractivity contribution in [3.05, 3.63) is 58.2 Å². The minimum Gasteiger partial charge on any atom is -0.493 e. The third-order valence-corrected chi connectivity index (χ3v) is 7.53. The lowest BCUT2D eigenvalue weighted by atomic mass is 9.87. The molecule has 0 radical (unpaired) electrons. The van der Waals surface area contributed by atoms with Crippen molar-refractivity contribution < 1.29 is 23.2 Å². The van der Waals surface area contributed by atoms with Gasteiger partial charge >= 0.3 is 0 Å². The van der Waals surface area contributed by atoms with Gasteiger partial charge in [-0.3, -0.25) is 14.9 Å². The standard InChI is InChI=1S/C26H29F2N5O4/c1-37-21-5-6-22-29-23(21)32-15-11-26(28,12-16-32)8-2-7-25(27)9-13-31(14-10-25)20-17-18(33(35)36)3-4-19(20)24(34)30-22/h2-7,17H,8-16H2,1H3,(H,29,30,34)/b7-2-. The van der Waals surface area contributed by atoms with E-state index in [1.807, 2.05) is 4.90 Å². The zero-order chi connectivity index (χ0) is 26.2. The molecule has 9 nitrogen and oxygen atoms in total. The predicted octanol–water partition coefficient (Wildman–Crippen LogP) is 4.83. The van der Waals surface area contributed by atoms with Crippen LogP contribution in [0.2, 0.25) is 0 Å². The molecule has 8 rings (SSSR count). The Hall–Kier alpha value is -3.76. The lowest BCUT2D eigenvalue weighted by molar-refractivity contribution is -0.384. The molecule has 6 bridgehead atoms. The minimum atomic E-state index is -1.60. The first-order valence-corrected chi connectivity index (χ1v) is 12.4. The number of carbonyl (C=O) groups is 1. The molecule has 11 heteroatoms. The number of methoxy groups -OCH3 is 1. The maximum absolute atomic E-state index is 15.6. The van der Waals surface area contributed by atoms with Gasteiger partial charge in [-0.25, -0.2) is 13.8 Å². The normalized spacial score (nSPS) is 26.6. The van der Waals surface area contributed by atoms with E-state index in [0.29, 0.717) is 30.3 Å². The van der Waals surface area contributed by atoms with Gasteiger partial charge in [0, 0.05) is 51.2 Å². The molecule has 6 aliphatic rings. The van der Waals surface area contributed by atoms with E-state index in [0.717, 1.165) is 0 Å². The van der Waals surface area contributed by atoms with E-state index in [2.05, 4.69) is 10.3 Å². The molecule has 7 heterocycles. The van der Waals surface area contributed by atoms with E-state index in [-0.39, 0.29) is 62.3 Å². The molecule has 2 aromatic rings. The van der Waals surface area contributed by atoms with Crippen LogP contribution < -0.4 is 19.9 Å². The second-order valence-corrected chi connectivity index (χ2v) is 9.90. The van der Waals surface area contributed by atoms with Gasteiger partial charge in [0.1, 0.15) is 17.2 Å². The van der Waals surface area contributed by atoms with Crippen LogP contribution in [0.25, 0.3) is 0 Å². The monoisotopic (exact) mass is 513 g/mol. The fourth-order valence-corrected chi connectivity index (χ4v) is 5.25. The highest BCUT2D eigenvalue weighted by atomic mass is 19.1. The molecule has 0 aliphatic carbocycles. The Balaban J connectivity index is 1.56. The Morgan fingerprint density at radius 2 is 1.76 bits per heavy atom. The average Bonchev–Trinajstić information content (AvgIpc) is 2.88. The Kier molecular flexibility index (Phi) is 6.47. The summed E-state index contributed by atoms with van der Waals surface area (Å²) in [5, 5.41) is 14.2. The van der Waals surface area contributed by atoms with Crippen LogP contribution in [-0.4, -0.2) is 60.4 Å². The molecule has 0 unspecified atom stereocenters. The van der Waals surface area contributed by atoms with Gasteiger partial charge in [-0.05, 0) is 37.5 Å². The SMILES string of the molecule is COc1ccc2nc1N1CCC(F)(C/C=C\C3(F)CCN(CC3)c3cc([N+](=O)[O-])ccc3C(=O)N2)CC1. The lowest BCUT2D eigenvalue weighted by Gasteiger charge is -2.38. The first-order chi connectivity index (χ1) is 17.7. The number of alkyl halides is 2. The first-order valence-electron chi connectivity index (χ1n) is 12.4. The number of non-ortho nitro benzene ring substituents is 1. The van der Waals surface area contributed by atoms with E-state index in [4.69, 9.17) is 4.74 Å². The molecule has 2 saturated heterocycles. The van der Waals surface area contributed by atoms with Gasteiger partial charge in [0.15, 0.2) is 11.6 Å². The number of aromatic nitrogens is 1. The maximum Gasteiger partial charge on any atom is 0.271 e. The number of rotatable bonds is 2. The number of ether oxygens (including phenoxy) is 1. The van der Waals surface area contributed by atoms with E-state index < -0.39 is 22.2 Å². The summed E-state index contributed by atoms with van der Waals surface area (Å²) in [6.07, 6.45) is 3.99. The van der Waals surface area contributed by atoms with Crippen LogP contribution in [-0.2, 0) is 0 Å². The summed E-state index contributed by atoms with van der Waals surface area (Å²) in [6, 6.07) is 7.34. The van der Waals surface area contributed by atoms with Crippen molar-refractivity contribution in [1.29, 1.82) is 0 Å². The van der Waals surface area contributed by atoms with Crippen molar-refractivity contribution in [2.24, 2.45) is 0 Å². The Morgan fingerprint density at radius 1 is 1.05 bits per heavy atom. The highest BCUT2D eigenvalue weighted by Gasteiger charge is 2.37. The number of anilines is 3. The summed E-state index contributed by atoms with van der Waals surface area (Å²) in [5.41, 5.74) is -2.61. The number of nitro benzene ring substituents is 1. The average molecular weight is 514 g/mol. The van der Waals surface area contributed by atoms with Gasteiger partial charge < -0.3 is 19.9 Å². The number of halogens is 2. The number of hydrogen-bond acceptors (Lipinski definition) is 7. The van der Waals surface area contributed by atoms with Crippen LogP contribution in [0.4, 0.5) is 31.8 Å². The number of amides is 1. The molecule has 0 spiro atoms. The largest absolute Gasteiger partial charge is 0.493 e. The molecule has 37 heavy (non-hydrogen) atoms. The zero-order valence-electron chi connectivity index (χ0n) is 20.6. The highest BCUT2D eigenvalue weighted by molar-refractivity contribution is 6.08. The van der Waals surface area contributed by atoms with E-state index in [1.165, 1.54) is 31.4 Å². The molecule has 1 aromatic heterocycles. The van der Waals surface area contributed by atoms with Gasteiger partial charge in [-0.15, -0.1) is 0 Å². The molecule has 2 fully saturated rings. The van der Waals surface area contributed by atoms with Crippen LogP contribution >= 0.6 is 0 Å². The molecule has 0 saturated carbocycles. The van der Waals surface area contributed by atoms with Crippen molar-refractivity contribution >= 4 is 28.9 Å². The third kappa shape index (κ3) is 5.07. The van der Waals surface area contributed by atoms with E-state index in [9.17, 15) is 14.9 Å². The van der Waals surface area contributed by atoms with Crippen molar-refractivity contribution in [2.75, 3.05) is 48.4 Å². The van der Waals surface area contributed by atoms with Crippen LogP contribution in [0.3, 0.4) is 0 Å². The number of carbonyl (C=O) groups excluding carboxylic acids is 1. The Bertz CT molecular complexity index is 1240. The smallest absolute Gasteiger partial charge is 0.271 e. The number of piperidine rings is 2. The lowest BCUT2D eigenvalue weighted by Crippen LogP contribution is -2.43. The fourth-order valence-electron chi connectivity index (χ4n) is 5.25. The molecule has 1 N–H and O–H groups in total. The molecule has 0 atom stereocenters. The maximum atomic E-state index is 15.6. The number of nitro groups is 1. The number of nitrogens with one attached hydrogen (secondary N) is 1. The Labute approximate surface area is 213 Å². The van der Waals surface area contributed by atoms with Gasteiger partial charge in [-0.1, -0.05) is 12.2 Å². The summed E-state index contributed by atoms with van der Waals surface area (Å²) in [5.74, 6) is 0.770. The number of allylic oxidation sites excluding steroid dienone is 2. The first kappa shape index (κ1) is 24.9. The third-order valence-electron chi connectivity index (χ3n) is 7.53. The molecule has 1 amide bonds. The van der Waals surface area contributed by atoms with Gasteiger partial charge in [0.2, 0.25) is 0 Å². The minimum absolute atomic E-state index is 0.129. The topological polar surface area (TPSA) is 101 Å². The number of nitrogens with zero attached hydrogens (tertiary/aromatic N) is 4. The van der Waals surface area contributed by atoms with E-state index in [1.54, 1.807) is 23.1 Å².